The smallest absolute Gasteiger partial charge is 0.285 e. The van der Waals surface area contributed by atoms with Crippen LogP contribution in [0, 0.1) is 0 Å². The molecule has 2 aliphatic rings. The maximum atomic E-state index is 11.5. The van der Waals surface area contributed by atoms with Gasteiger partial charge in [-0.3, -0.25) is 4.79 Å². The molecule has 0 spiro atoms. The highest BCUT2D eigenvalue weighted by Gasteiger charge is 2.25. The van der Waals surface area contributed by atoms with Gasteiger partial charge in [0, 0.05) is 19.6 Å². The number of aromatic amines is 1. The summed E-state index contributed by atoms with van der Waals surface area (Å²) in [6.07, 6.45) is 6.76. The third-order valence-electron chi connectivity index (χ3n) is 4.47. The van der Waals surface area contributed by atoms with Crippen LogP contribution >= 0.6 is 11.6 Å². The summed E-state index contributed by atoms with van der Waals surface area (Å²) < 4.78 is 5.99. The Morgan fingerprint density at radius 3 is 2.95 bits per heavy atom. The Hall–Kier alpha value is -1.11. The second kappa shape index (κ2) is 7.44. The fraction of sp³-hybridized carbons (Fsp3) is 0.733. The van der Waals surface area contributed by atoms with Gasteiger partial charge >= 0.3 is 0 Å². The maximum Gasteiger partial charge on any atom is 0.285 e. The van der Waals surface area contributed by atoms with Crippen molar-refractivity contribution in [3.8, 4) is 0 Å². The van der Waals surface area contributed by atoms with E-state index in [0.29, 0.717) is 5.69 Å². The van der Waals surface area contributed by atoms with Gasteiger partial charge in [-0.2, -0.15) is 5.10 Å². The van der Waals surface area contributed by atoms with Gasteiger partial charge in [0.15, 0.2) is 0 Å². The lowest BCUT2D eigenvalue weighted by molar-refractivity contribution is 0.0467. The van der Waals surface area contributed by atoms with Gasteiger partial charge in [-0.15, -0.1) is 0 Å². The number of likely N-dealkylation sites (tertiary alicyclic amines) is 1. The number of halogens is 1. The number of piperidine rings is 1. The van der Waals surface area contributed by atoms with Crippen molar-refractivity contribution >= 4 is 17.3 Å². The van der Waals surface area contributed by atoms with Crippen molar-refractivity contribution in [1.82, 2.24) is 15.1 Å². The van der Waals surface area contributed by atoms with Crippen LogP contribution < -0.4 is 10.5 Å². The molecule has 1 atom stereocenters. The van der Waals surface area contributed by atoms with Gasteiger partial charge in [-0.1, -0.05) is 18.0 Å². The Morgan fingerprint density at radius 1 is 1.32 bits per heavy atom. The third kappa shape index (κ3) is 3.80. The molecule has 0 saturated carbocycles. The Balaban J connectivity index is 1.46. The van der Waals surface area contributed by atoms with Crippen molar-refractivity contribution in [1.29, 1.82) is 0 Å². The lowest BCUT2D eigenvalue weighted by atomic mass is 10.1. The van der Waals surface area contributed by atoms with E-state index in [1.807, 2.05) is 0 Å². The normalized spacial score (nSPS) is 23.1. The molecule has 0 radical (unpaired) electrons. The molecule has 3 heterocycles. The quantitative estimate of drug-likeness (QED) is 0.888. The largest absolute Gasteiger partial charge is 0.375 e. The van der Waals surface area contributed by atoms with Crippen molar-refractivity contribution in [3.05, 3.63) is 21.6 Å². The number of hydrogen-bond acceptors (Lipinski definition) is 5. The zero-order valence-corrected chi connectivity index (χ0v) is 13.5. The number of rotatable bonds is 5. The lowest BCUT2D eigenvalue weighted by Crippen LogP contribution is -2.34. The van der Waals surface area contributed by atoms with Gasteiger partial charge in [0.05, 0.1) is 24.6 Å². The van der Waals surface area contributed by atoms with Crippen LogP contribution in [0.2, 0.25) is 5.02 Å². The van der Waals surface area contributed by atoms with Gasteiger partial charge in [0.25, 0.3) is 5.56 Å². The van der Waals surface area contributed by atoms with Crippen LogP contribution in [0.1, 0.15) is 25.7 Å². The minimum Gasteiger partial charge on any atom is -0.375 e. The molecule has 1 aromatic rings. The first-order valence-electron chi connectivity index (χ1n) is 8.06. The van der Waals surface area contributed by atoms with Crippen molar-refractivity contribution in [2.24, 2.45) is 0 Å². The molecule has 1 N–H and O–H groups in total. The molecule has 0 aliphatic carbocycles. The molecule has 0 aromatic carbocycles. The van der Waals surface area contributed by atoms with Crippen molar-refractivity contribution in [2.45, 2.75) is 31.8 Å². The molecule has 22 heavy (non-hydrogen) atoms. The topological polar surface area (TPSA) is 61.5 Å². The van der Waals surface area contributed by atoms with Gasteiger partial charge in [-0.05, 0) is 32.4 Å². The molecule has 6 nitrogen and oxygen atoms in total. The van der Waals surface area contributed by atoms with Gasteiger partial charge in [0.1, 0.15) is 5.02 Å². The van der Waals surface area contributed by atoms with E-state index in [4.69, 9.17) is 16.3 Å². The summed E-state index contributed by atoms with van der Waals surface area (Å²) in [5, 5.41) is 6.38. The fourth-order valence-electron chi connectivity index (χ4n) is 3.21. The molecule has 2 aliphatic heterocycles. The lowest BCUT2D eigenvalue weighted by Gasteiger charge is -2.26. The number of H-pyrrole nitrogens is 1. The predicted octanol–water partition coefficient (Wildman–Crippen LogP) is 1.50. The SMILES string of the molecule is O=c1[nH]ncc(N2CCC(OCCN3CCCCC3)C2)c1Cl. The monoisotopic (exact) mass is 326 g/mol. The van der Waals surface area contributed by atoms with Crippen LogP contribution in [0.3, 0.4) is 0 Å². The number of nitrogens with zero attached hydrogens (tertiary/aromatic N) is 3. The summed E-state index contributed by atoms with van der Waals surface area (Å²) >= 11 is 6.05. The predicted molar refractivity (Wildman–Crippen MR) is 86.7 cm³/mol. The van der Waals surface area contributed by atoms with Gasteiger partial charge in [-0.25, -0.2) is 5.10 Å². The average Bonchev–Trinajstić information content (AvgIpc) is 3.00. The summed E-state index contributed by atoms with van der Waals surface area (Å²) in [5.74, 6) is 0. The van der Waals surface area contributed by atoms with Crippen molar-refractivity contribution in [3.63, 3.8) is 0 Å². The molecule has 1 unspecified atom stereocenters. The fourth-order valence-corrected chi connectivity index (χ4v) is 3.42. The van der Waals surface area contributed by atoms with Crippen LogP contribution in [-0.4, -0.2) is 60.5 Å². The first-order chi connectivity index (χ1) is 10.7. The minimum absolute atomic E-state index is 0.208. The summed E-state index contributed by atoms with van der Waals surface area (Å²) in [6, 6.07) is 0. The molecule has 0 bridgehead atoms. The maximum absolute atomic E-state index is 11.5. The Kier molecular flexibility index (Phi) is 5.33. The van der Waals surface area contributed by atoms with Crippen LogP contribution in [0.25, 0.3) is 0 Å². The van der Waals surface area contributed by atoms with E-state index in [-0.39, 0.29) is 16.7 Å². The van der Waals surface area contributed by atoms with E-state index >= 15 is 0 Å². The number of hydrogen-bond donors (Lipinski definition) is 1. The molecule has 2 saturated heterocycles. The van der Waals surface area contributed by atoms with Gasteiger partial charge in [0.2, 0.25) is 0 Å². The highest BCUT2D eigenvalue weighted by Crippen LogP contribution is 2.25. The van der Waals surface area contributed by atoms with Gasteiger partial charge < -0.3 is 14.5 Å². The van der Waals surface area contributed by atoms with Crippen molar-refractivity contribution in [2.75, 3.05) is 44.2 Å². The Morgan fingerprint density at radius 2 is 2.14 bits per heavy atom. The van der Waals surface area contributed by atoms with Crippen LogP contribution in [0.15, 0.2) is 11.0 Å². The molecular formula is C15H23ClN4O2. The Bertz CT molecular complexity index is 545. The van der Waals surface area contributed by atoms with Crippen molar-refractivity contribution < 1.29 is 4.74 Å². The molecule has 3 rings (SSSR count). The van der Waals surface area contributed by atoms with Crippen LogP contribution in [0.4, 0.5) is 5.69 Å². The molecule has 0 amide bonds. The molecular weight excluding hydrogens is 304 g/mol. The molecule has 7 heteroatoms. The van der Waals surface area contributed by atoms with Crippen LogP contribution in [0.5, 0.6) is 0 Å². The minimum atomic E-state index is -0.339. The Labute approximate surface area is 135 Å². The van der Waals surface area contributed by atoms with E-state index in [1.54, 1.807) is 6.20 Å². The average molecular weight is 327 g/mol. The summed E-state index contributed by atoms with van der Waals surface area (Å²) in [6.45, 7) is 5.82. The van der Waals surface area contributed by atoms with E-state index in [1.165, 1.54) is 32.4 Å². The molecule has 122 valence electrons. The number of ether oxygens (including phenoxy) is 1. The first kappa shape index (κ1) is 15.8. The zero-order chi connectivity index (χ0) is 15.4. The van der Waals surface area contributed by atoms with E-state index in [9.17, 15) is 4.79 Å². The zero-order valence-electron chi connectivity index (χ0n) is 12.8. The third-order valence-corrected chi connectivity index (χ3v) is 4.84. The number of nitrogens with one attached hydrogen (secondary N) is 1. The first-order valence-corrected chi connectivity index (χ1v) is 8.44. The number of aromatic nitrogens is 2. The van der Waals surface area contributed by atoms with E-state index in [0.717, 1.165) is 32.7 Å². The van der Waals surface area contributed by atoms with E-state index < -0.39 is 0 Å². The molecule has 1 aromatic heterocycles. The highest BCUT2D eigenvalue weighted by atomic mass is 35.5. The second-order valence-electron chi connectivity index (χ2n) is 6.03. The second-order valence-corrected chi connectivity index (χ2v) is 6.41. The van der Waals surface area contributed by atoms with E-state index in [2.05, 4.69) is 20.0 Å². The van der Waals surface area contributed by atoms with Crippen LogP contribution in [-0.2, 0) is 4.74 Å². The summed E-state index contributed by atoms with van der Waals surface area (Å²) in [7, 11) is 0. The summed E-state index contributed by atoms with van der Waals surface area (Å²) in [4.78, 5) is 16.1. The number of anilines is 1. The summed E-state index contributed by atoms with van der Waals surface area (Å²) in [5.41, 5.74) is 0.362. The molecule has 2 fully saturated rings. The standard InChI is InChI=1S/C15H23ClN4O2/c16-14-13(10-17-18-15(14)21)20-7-4-12(11-20)22-9-8-19-5-2-1-3-6-19/h10,12H,1-9,11H2,(H,18,21). The highest BCUT2D eigenvalue weighted by molar-refractivity contribution is 6.33.